The van der Waals surface area contributed by atoms with Crippen LogP contribution in [0.4, 0.5) is 4.39 Å². The minimum Gasteiger partial charge on any atom is -0.311 e. The van der Waals surface area contributed by atoms with E-state index >= 15 is 0 Å². The lowest BCUT2D eigenvalue weighted by Crippen LogP contribution is -2.53. The molecule has 2 unspecified atom stereocenters. The highest BCUT2D eigenvalue weighted by molar-refractivity contribution is 5.34. The van der Waals surface area contributed by atoms with E-state index in [2.05, 4.69) is 24.1 Å². The first-order chi connectivity index (χ1) is 8.61. The predicted molar refractivity (Wildman–Crippen MR) is 68.5 cm³/mol. The van der Waals surface area contributed by atoms with Crippen LogP contribution in [0.25, 0.3) is 0 Å². The molecular formula is C14H18FN3. The van der Waals surface area contributed by atoms with Gasteiger partial charge in [0.15, 0.2) is 0 Å². The van der Waals surface area contributed by atoms with Gasteiger partial charge in [-0.3, -0.25) is 4.90 Å². The number of nitrogens with one attached hydrogen (secondary N) is 1. The quantitative estimate of drug-likeness (QED) is 0.867. The van der Waals surface area contributed by atoms with Crippen LogP contribution < -0.4 is 5.32 Å². The van der Waals surface area contributed by atoms with Gasteiger partial charge < -0.3 is 5.32 Å². The van der Waals surface area contributed by atoms with Crippen LogP contribution >= 0.6 is 0 Å². The molecule has 1 aromatic rings. The summed E-state index contributed by atoms with van der Waals surface area (Å²) < 4.78 is 14.0. The summed E-state index contributed by atoms with van der Waals surface area (Å²) in [7, 11) is 0. The number of piperazine rings is 1. The van der Waals surface area contributed by atoms with Crippen LogP contribution in [-0.4, -0.2) is 30.1 Å². The van der Waals surface area contributed by atoms with E-state index in [1.165, 1.54) is 6.07 Å². The first-order valence-electron chi connectivity index (χ1n) is 6.26. The van der Waals surface area contributed by atoms with Crippen molar-refractivity contribution in [1.82, 2.24) is 10.2 Å². The second-order valence-electron chi connectivity index (χ2n) is 4.98. The number of nitriles is 1. The molecular weight excluding hydrogens is 229 g/mol. The van der Waals surface area contributed by atoms with E-state index in [9.17, 15) is 4.39 Å². The van der Waals surface area contributed by atoms with Crippen LogP contribution in [0.2, 0.25) is 0 Å². The summed E-state index contributed by atoms with van der Waals surface area (Å²) in [5.74, 6) is -0.376. The summed E-state index contributed by atoms with van der Waals surface area (Å²) in [6.45, 7) is 6.64. The van der Waals surface area contributed by atoms with Gasteiger partial charge in [-0.1, -0.05) is 12.1 Å². The number of hydrogen-bond acceptors (Lipinski definition) is 3. The molecule has 1 fully saturated rings. The SMILES string of the molecule is CC1CN(Cc2cccc(C#N)c2F)C(C)CN1. The van der Waals surface area contributed by atoms with Gasteiger partial charge in [0, 0.05) is 37.3 Å². The average molecular weight is 247 g/mol. The number of benzene rings is 1. The van der Waals surface area contributed by atoms with Crippen LogP contribution in [0.5, 0.6) is 0 Å². The molecule has 1 N–H and O–H groups in total. The first-order valence-corrected chi connectivity index (χ1v) is 6.26. The highest BCUT2D eigenvalue weighted by Gasteiger charge is 2.23. The molecule has 0 spiro atoms. The van der Waals surface area contributed by atoms with Gasteiger partial charge in [0.25, 0.3) is 0 Å². The third-order valence-electron chi connectivity index (χ3n) is 3.47. The van der Waals surface area contributed by atoms with Gasteiger partial charge >= 0.3 is 0 Å². The summed E-state index contributed by atoms with van der Waals surface area (Å²) in [6, 6.07) is 7.71. The van der Waals surface area contributed by atoms with E-state index in [1.54, 1.807) is 12.1 Å². The van der Waals surface area contributed by atoms with E-state index in [1.807, 2.05) is 6.07 Å². The Morgan fingerprint density at radius 2 is 2.28 bits per heavy atom. The highest BCUT2D eigenvalue weighted by atomic mass is 19.1. The van der Waals surface area contributed by atoms with E-state index in [4.69, 9.17) is 5.26 Å². The van der Waals surface area contributed by atoms with E-state index < -0.39 is 0 Å². The summed E-state index contributed by atoms with van der Waals surface area (Å²) in [6.07, 6.45) is 0. The maximum absolute atomic E-state index is 14.0. The standard InChI is InChI=1S/C14H18FN3/c1-10-8-18(11(2)7-17-10)9-13-5-3-4-12(6-16)14(13)15/h3-5,10-11,17H,7-9H2,1-2H3. The van der Waals surface area contributed by atoms with Crippen molar-refractivity contribution in [3.63, 3.8) is 0 Å². The van der Waals surface area contributed by atoms with Crippen molar-refractivity contribution in [1.29, 1.82) is 5.26 Å². The molecule has 96 valence electrons. The van der Waals surface area contributed by atoms with Crippen LogP contribution in [0.1, 0.15) is 25.0 Å². The molecule has 0 aliphatic carbocycles. The molecule has 0 amide bonds. The van der Waals surface area contributed by atoms with E-state index in [0.717, 1.165) is 13.1 Å². The zero-order valence-electron chi connectivity index (χ0n) is 10.8. The molecule has 0 saturated carbocycles. The number of rotatable bonds is 2. The van der Waals surface area contributed by atoms with Gasteiger partial charge in [0.2, 0.25) is 0 Å². The van der Waals surface area contributed by atoms with Gasteiger partial charge in [0.1, 0.15) is 11.9 Å². The van der Waals surface area contributed by atoms with Crippen molar-refractivity contribution in [2.45, 2.75) is 32.5 Å². The fourth-order valence-electron chi connectivity index (χ4n) is 2.32. The lowest BCUT2D eigenvalue weighted by molar-refractivity contribution is 0.137. The second-order valence-corrected chi connectivity index (χ2v) is 4.98. The number of hydrogen-bond donors (Lipinski definition) is 1. The zero-order chi connectivity index (χ0) is 13.1. The molecule has 1 heterocycles. The lowest BCUT2D eigenvalue weighted by Gasteiger charge is -2.37. The monoisotopic (exact) mass is 247 g/mol. The molecule has 4 heteroatoms. The fourth-order valence-corrected chi connectivity index (χ4v) is 2.32. The smallest absolute Gasteiger partial charge is 0.145 e. The van der Waals surface area contributed by atoms with Crippen LogP contribution in [0.3, 0.4) is 0 Å². The van der Waals surface area contributed by atoms with Gasteiger partial charge in [-0.25, -0.2) is 4.39 Å². The van der Waals surface area contributed by atoms with Gasteiger partial charge in [-0.15, -0.1) is 0 Å². The van der Waals surface area contributed by atoms with Crippen molar-refractivity contribution in [2.75, 3.05) is 13.1 Å². The Kier molecular flexibility index (Phi) is 3.95. The molecule has 0 bridgehead atoms. The van der Waals surface area contributed by atoms with E-state index in [-0.39, 0.29) is 11.4 Å². The maximum Gasteiger partial charge on any atom is 0.145 e. The molecule has 18 heavy (non-hydrogen) atoms. The van der Waals surface area contributed by atoms with Gasteiger partial charge in [-0.2, -0.15) is 5.26 Å². The van der Waals surface area contributed by atoms with Crippen LogP contribution in [-0.2, 0) is 6.54 Å². The summed E-state index contributed by atoms with van der Waals surface area (Å²) in [4.78, 5) is 2.25. The Bertz CT molecular complexity index is 467. The molecule has 2 rings (SSSR count). The van der Waals surface area contributed by atoms with E-state index in [0.29, 0.717) is 24.2 Å². The molecule has 1 aromatic carbocycles. The topological polar surface area (TPSA) is 39.1 Å². The first kappa shape index (κ1) is 13.0. The summed E-state index contributed by atoms with van der Waals surface area (Å²) >= 11 is 0. The molecule has 1 aliphatic heterocycles. The number of nitrogens with zero attached hydrogens (tertiary/aromatic N) is 2. The Morgan fingerprint density at radius 1 is 1.50 bits per heavy atom. The van der Waals surface area contributed by atoms with Gasteiger partial charge in [-0.05, 0) is 19.9 Å². The molecule has 3 nitrogen and oxygen atoms in total. The Balaban J connectivity index is 2.16. The molecule has 2 atom stereocenters. The van der Waals surface area contributed by atoms with Crippen LogP contribution in [0.15, 0.2) is 18.2 Å². The third kappa shape index (κ3) is 2.69. The second kappa shape index (κ2) is 5.47. The van der Waals surface area contributed by atoms with Crippen LogP contribution in [0, 0.1) is 17.1 Å². The molecule has 1 saturated heterocycles. The number of halogens is 1. The van der Waals surface area contributed by atoms with Crippen molar-refractivity contribution < 1.29 is 4.39 Å². The van der Waals surface area contributed by atoms with Crippen molar-refractivity contribution in [3.8, 4) is 6.07 Å². The van der Waals surface area contributed by atoms with Gasteiger partial charge in [0.05, 0.1) is 5.56 Å². The average Bonchev–Trinajstić information content (AvgIpc) is 2.36. The fraction of sp³-hybridized carbons (Fsp3) is 0.500. The Morgan fingerprint density at radius 3 is 3.00 bits per heavy atom. The third-order valence-corrected chi connectivity index (χ3v) is 3.47. The Hall–Kier alpha value is -1.44. The minimum absolute atomic E-state index is 0.128. The zero-order valence-corrected chi connectivity index (χ0v) is 10.8. The molecule has 0 radical (unpaired) electrons. The summed E-state index contributed by atoms with van der Waals surface area (Å²) in [5, 5.41) is 12.2. The minimum atomic E-state index is -0.376. The Labute approximate surface area is 107 Å². The summed E-state index contributed by atoms with van der Waals surface area (Å²) in [5.41, 5.74) is 0.735. The van der Waals surface area contributed by atoms with Crippen molar-refractivity contribution in [3.05, 3.63) is 35.1 Å². The largest absolute Gasteiger partial charge is 0.311 e. The molecule has 1 aliphatic rings. The highest BCUT2D eigenvalue weighted by Crippen LogP contribution is 2.17. The normalized spacial score (nSPS) is 24.8. The van der Waals surface area contributed by atoms with Crippen molar-refractivity contribution in [2.24, 2.45) is 0 Å². The lowest BCUT2D eigenvalue weighted by atomic mass is 10.1. The van der Waals surface area contributed by atoms with Crippen molar-refractivity contribution >= 4 is 0 Å². The predicted octanol–water partition coefficient (Wildman–Crippen LogP) is 1.88. The molecule has 0 aromatic heterocycles. The maximum atomic E-state index is 14.0.